The molecule has 0 unspecified atom stereocenters. The summed E-state index contributed by atoms with van der Waals surface area (Å²) in [5.74, 6) is 0. The minimum Gasteiger partial charge on any atom is -0.316 e. The first-order valence-electron chi connectivity index (χ1n) is 7.46. The van der Waals surface area contributed by atoms with E-state index < -0.39 is 0 Å². The van der Waals surface area contributed by atoms with Gasteiger partial charge in [0.2, 0.25) is 0 Å². The number of hydrogen-bond acceptors (Lipinski definition) is 1. The summed E-state index contributed by atoms with van der Waals surface area (Å²) in [6.45, 7) is 12.2. The molecule has 1 aliphatic heterocycles. The Kier molecular flexibility index (Phi) is 7.67. The van der Waals surface area contributed by atoms with Gasteiger partial charge in [-0.05, 0) is 63.4 Å². The average Bonchev–Trinajstić information content (AvgIpc) is 2.48. The van der Waals surface area contributed by atoms with E-state index in [1.54, 1.807) is 5.57 Å². The molecule has 1 rings (SSSR count). The first-order valence-corrected chi connectivity index (χ1v) is 7.46. The van der Waals surface area contributed by atoms with E-state index in [0.29, 0.717) is 0 Å². The summed E-state index contributed by atoms with van der Waals surface area (Å²) in [5.41, 5.74) is 5.48. The highest BCUT2D eigenvalue weighted by atomic mass is 14.9. The van der Waals surface area contributed by atoms with Crippen LogP contribution < -0.4 is 5.32 Å². The number of piperidine rings is 1. The molecule has 0 bridgehead atoms. The predicted molar refractivity (Wildman–Crippen MR) is 90.8 cm³/mol. The van der Waals surface area contributed by atoms with Crippen LogP contribution in [0.25, 0.3) is 0 Å². The zero-order chi connectivity index (χ0) is 14.8. The van der Waals surface area contributed by atoms with Crippen molar-refractivity contribution in [2.24, 2.45) is 0 Å². The van der Waals surface area contributed by atoms with Crippen LogP contribution in [0.4, 0.5) is 0 Å². The first-order chi connectivity index (χ1) is 9.78. The molecule has 1 heteroatoms. The number of hydrogen-bond donors (Lipinski definition) is 1. The van der Waals surface area contributed by atoms with Gasteiger partial charge in [0, 0.05) is 0 Å². The average molecular weight is 269 g/mol. The van der Waals surface area contributed by atoms with Crippen LogP contribution in [0.5, 0.6) is 0 Å². The Bertz CT molecular complexity index is 462. The summed E-state index contributed by atoms with van der Waals surface area (Å²) in [6.07, 6.45) is 17.0. The Morgan fingerprint density at radius 2 is 1.60 bits per heavy atom. The van der Waals surface area contributed by atoms with E-state index in [-0.39, 0.29) is 0 Å². The van der Waals surface area contributed by atoms with E-state index in [4.69, 9.17) is 0 Å². The van der Waals surface area contributed by atoms with Crippen LogP contribution >= 0.6 is 0 Å². The van der Waals surface area contributed by atoms with Crippen LogP contribution in [-0.4, -0.2) is 13.1 Å². The SMILES string of the molecule is C=C/C=C(\C=C/C)C(=C1CCNCC1)C(/C=C\C)=C/C. The second-order valence-corrected chi connectivity index (χ2v) is 4.83. The van der Waals surface area contributed by atoms with E-state index >= 15 is 0 Å². The van der Waals surface area contributed by atoms with E-state index in [0.717, 1.165) is 25.9 Å². The highest BCUT2D eigenvalue weighted by Crippen LogP contribution is 2.30. The second-order valence-electron chi connectivity index (χ2n) is 4.83. The summed E-state index contributed by atoms with van der Waals surface area (Å²) in [4.78, 5) is 0. The quantitative estimate of drug-likeness (QED) is 0.702. The molecule has 0 aromatic rings. The number of nitrogens with one attached hydrogen (secondary N) is 1. The molecule has 1 heterocycles. The Hall–Kier alpha value is -1.60. The fourth-order valence-corrected chi connectivity index (χ4v) is 2.59. The van der Waals surface area contributed by atoms with E-state index in [2.05, 4.69) is 69.1 Å². The highest BCUT2D eigenvalue weighted by Gasteiger charge is 2.15. The van der Waals surface area contributed by atoms with Crippen molar-refractivity contribution in [3.8, 4) is 0 Å². The zero-order valence-electron chi connectivity index (χ0n) is 13.1. The standard InChI is InChI=1S/C19H27N/c1-5-9-16(8-4)19(17(10-6-2)11-7-3)18-12-14-20-15-13-18/h5-11,20H,2,12-15H2,1,3-4H3/b9-5-,11-7-,16-8+,17-10+. The molecule has 1 N–H and O–H groups in total. The number of rotatable bonds is 5. The van der Waals surface area contributed by atoms with Crippen molar-refractivity contribution in [3.63, 3.8) is 0 Å². The minimum absolute atomic E-state index is 1.07. The lowest BCUT2D eigenvalue weighted by atomic mass is 9.87. The van der Waals surface area contributed by atoms with Gasteiger partial charge in [0.05, 0.1) is 0 Å². The lowest BCUT2D eigenvalue weighted by Crippen LogP contribution is -2.24. The van der Waals surface area contributed by atoms with E-state index in [1.165, 1.54) is 16.7 Å². The molecule has 0 aromatic carbocycles. The third kappa shape index (κ3) is 4.50. The molecule has 1 saturated heterocycles. The first kappa shape index (κ1) is 16.5. The van der Waals surface area contributed by atoms with Gasteiger partial charge in [-0.3, -0.25) is 0 Å². The van der Waals surface area contributed by atoms with Crippen molar-refractivity contribution in [2.75, 3.05) is 13.1 Å². The summed E-state index contributed by atoms with van der Waals surface area (Å²) in [6, 6.07) is 0. The zero-order valence-corrected chi connectivity index (χ0v) is 13.1. The van der Waals surface area contributed by atoms with Crippen molar-refractivity contribution in [2.45, 2.75) is 33.6 Å². The summed E-state index contributed by atoms with van der Waals surface area (Å²) >= 11 is 0. The molecule has 0 atom stereocenters. The minimum atomic E-state index is 1.07. The van der Waals surface area contributed by atoms with Gasteiger partial charge >= 0.3 is 0 Å². The Labute approximate surface area is 124 Å². The van der Waals surface area contributed by atoms with Crippen LogP contribution in [0.3, 0.4) is 0 Å². The molecule has 0 spiro atoms. The van der Waals surface area contributed by atoms with Gasteiger partial charge in [0.1, 0.15) is 0 Å². The molecule has 0 aromatic heterocycles. The maximum absolute atomic E-state index is 3.86. The topological polar surface area (TPSA) is 12.0 Å². The predicted octanol–water partition coefficient (Wildman–Crippen LogP) is 4.88. The molecule has 1 aliphatic rings. The van der Waals surface area contributed by atoms with E-state index in [1.807, 2.05) is 6.08 Å². The van der Waals surface area contributed by atoms with Crippen LogP contribution in [0.15, 0.2) is 71.4 Å². The van der Waals surface area contributed by atoms with Gasteiger partial charge in [0.25, 0.3) is 0 Å². The molecule has 0 amide bonds. The van der Waals surface area contributed by atoms with Gasteiger partial charge in [-0.25, -0.2) is 0 Å². The summed E-state index contributed by atoms with van der Waals surface area (Å²) in [7, 11) is 0. The maximum atomic E-state index is 3.86. The van der Waals surface area contributed by atoms with Gasteiger partial charge < -0.3 is 5.32 Å². The van der Waals surface area contributed by atoms with Gasteiger partial charge in [0.15, 0.2) is 0 Å². The van der Waals surface area contributed by atoms with Crippen LogP contribution in [-0.2, 0) is 0 Å². The molecular weight excluding hydrogens is 242 g/mol. The van der Waals surface area contributed by atoms with Gasteiger partial charge in [-0.1, -0.05) is 54.7 Å². The second kappa shape index (κ2) is 9.33. The normalized spacial score (nSPS) is 18.1. The van der Waals surface area contributed by atoms with Gasteiger partial charge in [-0.2, -0.15) is 0 Å². The van der Waals surface area contributed by atoms with Crippen molar-refractivity contribution in [1.29, 1.82) is 0 Å². The molecule has 0 saturated carbocycles. The lowest BCUT2D eigenvalue weighted by Gasteiger charge is -2.22. The van der Waals surface area contributed by atoms with Crippen LogP contribution in [0, 0.1) is 0 Å². The van der Waals surface area contributed by atoms with Crippen molar-refractivity contribution >= 4 is 0 Å². The smallest absolute Gasteiger partial charge is 0.00111 e. The molecule has 108 valence electrons. The van der Waals surface area contributed by atoms with Crippen molar-refractivity contribution < 1.29 is 0 Å². The number of allylic oxidation sites excluding steroid dienone is 10. The molecule has 0 aliphatic carbocycles. The largest absolute Gasteiger partial charge is 0.316 e. The molecule has 20 heavy (non-hydrogen) atoms. The molecular formula is C19H27N. The molecule has 0 radical (unpaired) electrons. The Morgan fingerprint density at radius 3 is 2.10 bits per heavy atom. The monoisotopic (exact) mass is 269 g/mol. The third-order valence-electron chi connectivity index (χ3n) is 3.44. The third-order valence-corrected chi connectivity index (χ3v) is 3.44. The van der Waals surface area contributed by atoms with Crippen molar-refractivity contribution in [1.82, 2.24) is 5.32 Å². The van der Waals surface area contributed by atoms with Crippen LogP contribution in [0.1, 0.15) is 33.6 Å². The highest BCUT2D eigenvalue weighted by molar-refractivity contribution is 5.58. The Balaban J connectivity index is 3.39. The molecule has 1 fully saturated rings. The summed E-state index contributed by atoms with van der Waals surface area (Å²) in [5, 5.41) is 3.43. The fourth-order valence-electron chi connectivity index (χ4n) is 2.59. The lowest BCUT2D eigenvalue weighted by molar-refractivity contribution is 0.606. The molecule has 1 nitrogen and oxygen atoms in total. The Morgan fingerprint density at radius 1 is 1.00 bits per heavy atom. The van der Waals surface area contributed by atoms with Crippen molar-refractivity contribution in [3.05, 3.63) is 71.4 Å². The maximum Gasteiger partial charge on any atom is -0.00111 e. The van der Waals surface area contributed by atoms with Gasteiger partial charge in [-0.15, -0.1) is 0 Å². The van der Waals surface area contributed by atoms with Crippen LogP contribution in [0.2, 0.25) is 0 Å². The van der Waals surface area contributed by atoms with E-state index in [9.17, 15) is 0 Å². The fraction of sp³-hybridized carbons (Fsp3) is 0.368. The summed E-state index contributed by atoms with van der Waals surface area (Å²) < 4.78 is 0.